The van der Waals surface area contributed by atoms with Crippen molar-refractivity contribution in [3.63, 3.8) is 0 Å². The molecule has 0 bridgehead atoms. The minimum atomic E-state index is -0.340. The fraction of sp³-hybridized carbons (Fsp3) is 0.217. The minimum absolute atomic E-state index is 0.173. The molecule has 160 valence electrons. The number of aryl methyl sites for hydroxylation is 1. The highest BCUT2D eigenvalue weighted by atomic mass is 32.1. The molecular weight excluding hydrogens is 417 g/mol. The Balaban J connectivity index is 1.50. The van der Waals surface area contributed by atoms with Crippen LogP contribution in [-0.2, 0) is 13.5 Å². The van der Waals surface area contributed by atoms with Gasteiger partial charge in [0.2, 0.25) is 0 Å². The van der Waals surface area contributed by atoms with Crippen LogP contribution < -0.4 is 14.8 Å². The maximum absolute atomic E-state index is 14.3. The van der Waals surface area contributed by atoms with E-state index in [1.54, 1.807) is 50.2 Å². The van der Waals surface area contributed by atoms with E-state index >= 15 is 0 Å². The van der Waals surface area contributed by atoms with Gasteiger partial charge in [-0.25, -0.2) is 4.39 Å². The standard InChI is InChI=1S/C23H22FN3O3S/c1-27-23-17(21(26-27)16-6-4-5-7-18(16)24)13-20(31-23)22(28)25-11-10-14-8-9-15(29-2)12-19(14)30-3/h4-9,12-13H,10-11H2,1-3H3,(H,25,28). The maximum atomic E-state index is 14.3. The molecule has 0 aliphatic rings. The first kappa shape index (κ1) is 20.9. The summed E-state index contributed by atoms with van der Waals surface area (Å²) in [6.45, 7) is 0.453. The number of nitrogens with zero attached hydrogens (tertiary/aromatic N) is 2. The molecule has 4 aromatic rings. The molecule has 0 fully saturated rings. The number of rotatable bonds is 7. The predicted molar refractivity (Wildman–Crippen MR) is 120 cm³/mol. The summed E-state index contributed by atoms with van der Waals surface area (Å²) in [6.07, 6.45) is 0.617. The smallest absolute Gasteiger partial charge is 0.261 e. The van der Waals surface area contributed by atoms with Gasteiger partial charge in [-0.15, -0.1) is 11.3 Å². The number of fused-ring (bicyclic) bond motifs is 1. The normalized spacial score (nSPS) is 11.0. The van der Waals surface area contributed by atoms with Crippen molar-refractivity contribution in [2.24, 2.45) is 7.05 Å². The summed E-state index contributed by atoms with van der Waals surface area (Å²) in [7, 11) is 5.00. The predicted octanol–water partition coefficient (Wildman–Crippen LogP) is 4.43. The fourth-order valence-corrected chi connectivity index (χ4v) is 4.45. The van der Waals surface area contributed by atoms with Crippen LogP contribution in [0.2, 0.25) is 0 Å². The van der Waals surface area contributed by atoms with Gasteiger partial charge in [0.25, 0.3) is 5.91 Å². The Morgan fingerprint density at radius 3 is 2.71 bits per heavy atom. The number of nitrogens with one attached hydrogen (secondary N) is 1. The van der Waals surface area contributed by atoms with Crippen LogP contribution in [0, 0.1) is 5.82 Å². The number of aromatic nitrogens is 2. The van der Waals surface area contributed by atoms with Gasteiger partial charge in [-0.1, -0.05) is 18.2 Å². The van der Waals surface area contributed by atoms with Crippen molar-refractivity contribution in [3.05, 3.63) is 64.8 Å². The summed E-state index contributed by atoms with van der Waals surface area (Å²) in [4.78, 5) is 14.1. The van der Waals surface area contributed by atoms with E-state index in [2.05, 4.69) is 10.4 Å². The fourth-order valence-electron chi connectivity index (χ4n) is 3.46. The first-order valence-electron chi connectivity index (χ1n) is 9.72. The van der Waals surface area contributed by atoms with Gasteiger partial charge < -0.3 is 14.8 Å². The summed E-state index contributed by atoms with van der Waals surface area (Å²) >= 11 is 1.34. The van der Waals surface area contributed by atoms with Crippen molar-refractivity contribution in [1.29, 1.82) is 0 Å². The average Bonchev–Trinajstić information content (AvgIpc) is 3.35. The molecule has 0 atom stereocenters. The first-order chi connectivity index (χ1) is 15.0. The molecule has 4 rings (SSSR count). The number of halogens is 1. The number of carbonyl (C=O) groups is 1. The van der Waals surface area contributed by atoms with Crippen molar-refractivity contribution in [2.45, 2.75) is 6.42 Å². The molecule has 0 saturated carbocycles. The number of ether oxygens (including phenoxy) is 2. The Hall–Kier alpha value is -3.39. The number of hydrogen-bond donors (Lipinski definition) is 1. The van der Waals surface area contributed by atoms with Crippen LogP contribution in [0.1, 0.15) is 15.2 Å². The first-order valence-corrected chi connectivity index (χ1v) is 10.5. The summed E-state index contributed by atoms with van der Waals surface area (Å²) in [6, 6.07) is 13.9. The third-order valence-electron chi connectivity index (χ3n) is 5.04. The Kier molecular flexibility index (Phi) is 5.90. The molecule has 0 saturated heterocycles. The number of carbonyl (C=O) groups excluding carboxylic acids is 1. The van der Waals surface area contributed by atoms with Gasteiger partial charge in [0, 0.05) is 30.6 Å². The van der Waals surface area contributed by atoms with Crippen LogP contribution in [0.5, 0.6) is 11.5 Å². The zero-order valence-electron chi connectivity index (χ0n) is 17.4. The quantitative estimate of drug-likeness (QED) is 0.463. The number of methoxy groups -OCH3 is 2. The molecule has 6 nitrogen and oxygen atoms in total. The number of hydrogen-bond acceptors (Lipinski definition) is 5. The highest BCUT2D eigenvalue weighted by Crippen LogP contribution is 2.34. The molecule has 1 N–H and O–H groups in total. The topological polar surface area (TPSA) is 65.4 Å². The molecule has 0 unspecified atom stereocenters. The molecule has 2 heterocycles. The Bertz CT molecular complexity index is 1250. The second kappa shape index (κ2) is 8.77. The highest BCUT2D eigenvalue weighted by Gasteiger charge is 2.19. The lowest BCUT2D eigenvalue weighted by molar-refractivity contribution is 0.0958. The SMILES string of the molecule is COc1ccc(CCNC(=O)c2cc3c(-c4ccccc4F)nn(C)c3s2)c(OC)c1. The molecule has 8 heteroatoms. The van der Waals surface area contributed by atoms with E-state index in [0.717, 1.165) is 21.5 Å². The van der Waals surface area contributed by atoms with Crippen molar-refractivity contribution < 1.29 is 18.7 Å². The van der Waals surface area contributed by atoms with Gasteiger partial charge in [-0.2, -0.15) is 5.10 Å². The molecule has 0 radical (unpaired) electrons. The van der Waals surface area contributed by atoms with E-state index in [9.17, 15) is 9.18 Å². The molecular formula is C23H22FN3O3S. The van der Waals surface area contributed by atoms with E-state index in [1.165, 1.54) is 17.4 Å². The van der Waals surface area contributed by atoms with Crippen molar-refractivity contribution in [2.75, 3.05) is 20.8 Å². The number of thiophene rings is 1. The summed E-state index contributed by atoms with van der Waals surface area (Å²) in [5.41, 5.74) is 1.93. The van der Waals surface area contributed by atoms with Crippen LogP contribution in [0.25, 0.3) is 21.5 Å². The largest absolute Gasteiger partial charge is 0.497 e. The zero-order chi connectivity index (χ0) is 22.0. The van der Waals surface area contributed by atoms with Crippen LogP contribution in [0.15, 0.2) is 48.5 Å². The molecule has 0 aliphatic carbocycles. The van der Waals surface area contributed by atoms with E-state index in [-0.39, 0.29) is 11.7 Å². The lowest BCUT2D eigenvalue weighted by atomic mass is 10.1. The van der Waals surface area contributed by atoms with E-state index in [1.807, 2.05) is 18.2 Å². The van der Waals surface area contributed by atoms with Crippen molar-refractivity contribution in [1.82, 2.24) is 15.1 Å². The number of benzene rings is 2. The molecule has 31 heavy (non-hydrogen) atoms. The highest BCUT2D eigenvalue weighted by molar-refractivity contribution is 7.20. The Morgan fingerprint density at radius 1 is 1.16 bits per heavy atom. The molecule has 2 aromatic carbocycles. The van der Waals surface area contributed by atoms with Crippen LogP contribution in [-0.4, -0.2) is 36.5 Å². The van der Waals surface area contributed by atoms with Gasteiger partial charge in [-0.05, 0) is 36.2 Å². The van der Waals surface area contributed by atoms with Gasteiger partial charge in [0.05, 0.1) is 19.1 Å². The van der Waals surface area contributed by atoms with Crippen molar-refractivity contribution in [3.8, 4) is 22.8 Å². The van der Waals surface area contributed by atoms with Gasteiger partial charge in [0.1, 0.15) is 27.8 Å². The van der Waals surface area contributed by atoms with Crippen molar-refractivity contribution >= 4 is 27.5 Å². The van der Waals surface area contributed by atoms with Crippen LogP contribution in [0.3, 0.4) is 0 Å². The van der Waals surface area contributed by atoms with Gasteiger partial charge in [0.15, 0.2) is 0 Å². The minimum Gasteiger partial charge on any atom is -0.497 e. The monoisotopic (exact) mass is 439 g/mol. The van der Waals surface area contributed by atoms with Crippen LogP contribution in [0.4, 0.5) is 4.39 Å². The second-order valence-electron chi connectivity index (χ2n) is 6.97. The maximum Gasteiger partial charge on any atom is 0.261 e. The summed E-state index contributed by atoms with van der Waals surface area (Å²) < 4.78 is 26.6. The van der Waals surface area contributed by atoms with E-state index in [0.29, 0.717) is 34.8 Å². The Labute approximate surface area is 183 Å². The van der Waals surface area contributed by atoms with Gasteiger partial charge >= 0.3 is 0 Å². The molecule has 2 aromatic heterocycles. The third kappa shape index (κ3) is 4.11. The third-order valence-corrected chi connectivity index (χ3v) is 6.24. The second-order valence-corrected chi connectivity index (χ2v) is 8.00. The molecule has 0 spiro atoms. The molecule has 1 amide bonds. The average molecular weight is 440 g/mol. The Morgan fingerprint density at radius 2 is 1.97 bits per heavy atom. The van der Waals surface area contributed by atoms with E-state index < -0.39 is 0 Å². The summed E-state index contributed by atoms with van der Waals surface area (Å²) in [5, 5.41) is 8.16. The lowest BCUT2D eigenvalue weighted by Gasteiger charge is -2.10. The lowest BCUT2D eigenvalue weighted by Crippen LogP contribution is -2.25. The number of amides is 1. The van der Waals surface area contributed by atoms with E-state index in [4.69, 9.17) is 9.47 Å². The van der Waals surface area contributed by atoms with Gasteiger partial charge in [-0.3, -0.25) is 9.48 Å². The molecule has 0 aliphatic heterocycles. The summed E-state index contributed by atoms with van der Waals surface area (Å²) in [5.74, 6) is 0.923. The van der Waals surface area contributed by atoms with Crippen LogP contribution >= 0.6 is 11.3 Å². The zero-order valence-corrected chi connectivity index (χ0v) is 18.3.